The highest BCUT2D eigenvalue weighted by Gasteiger charge is 2.40. The lowest BCUT2D eigenvalue weighted by molar-refractivity contribution is -0.384. The molecule has 1 aromatic carbocycles. The number of hydrogen-bond donors (Lipinski definition) is 2. The molecule has 1 aliphatic carbocycles. The lowest BCUT2D eigenvalue weighted by atomic mass is 10.0. The van der Waals surface area contributed by atoms with Gasteiger partial charge in [-0.2, -0.15) is 5.10 Å². The van der Waals surface area contributed by atoms with Gasteiger partial charge in [-0.3, -0.25) is 15.4 Å². The zero-order chi connectivity index (χ0) is 23.6. The Bertz CT molecular complexity index is 1020. The predicted molar refractivity (Wildman–Crippen MR) is 110 cm³/mol. The fourth-order valence-electron chi connectivity index (χ4n) is 3.50. The summed E-state index contributed by atoms with van der Waals surface area (Å²) in [5.74, 6) is -0.101. The average Bonchev–Trinajstić information content (AvgIpc) is 3.25. The zero-order valence-corrected chi connectivity index (χ0v) is 17.6. The van der Waals surface area contributed by atoms with Gasteiger partial charge in [-0.15, -0.1) is 0 Å². The first-order valence-corrected chi connectivity index (χ1v) is 9.81. The zero-order valence-electron chi connectivity index (χ0n) is 17.6. The highest BCUT2D eigenvalue weighted by atomic mass is 19.1. The van der Waals surface area contributed by atoms with E-state index in [9.17, 15) is 24.1 Å². The van der Waals surface area contributed by atoms with Crippen LogP contribution in [0.2, 0.25) is 0 Å². The quantitative estimate of drug-likeness (QED) is 0.294. The number of alkyl halides is 1. The van der Waals surface area contributed by atoms with Crippen molar-refractivity contribution in [3.63, 3.8) is 0 Å². The lowest BCUT2D eigenvalue weighted by Crippen LogP contribution is -2.26. The summed E-state index contributed by atoms with van der Waals surface area (Å²) in [6, 6.07) is 6.36. The van der Waals surface area contributed by atoms with Gasteiger partial charge in [0.2, 0.25) is 0 Å². The maximum Gasteiger partial charge on any atom is 0.514 e. The van der Waals surface area contributed by atoms with Crippen molar-refractivity contribution in [2.24, 2.45) is 0 Å². The number of nitro benzene ring substituents is 1. The molecule has 1 heterocycles. The first-order chi connectivity index (χ1) is 14.9. The van der Waals surface area contributed by atoms with Crippen LogP contribution in [0.25, 0.3) is 0 Å². The van der Waals surface area contributed by atoms with Crippen LogP contribution in [-0.4, -0.2) is 44.3 Å². The monoisotopic (exact) mass is 450 g/mol. The molecular weight excluding hydrogens is 427 g/mol. The van der Waals surface area contributed by atoms with Crippen molar-refractivity contribution in [2.75, 3.05) is 5.32 Å². The van der Waals surface area contributed by atoms with Crippen LogP contribution in [0.1, 0.15) is 45.2 Å². The van der Waals surface area contributed by atoms with Crippen LogP contribution in [0.3, 0.4) is 0 Å². The molecule has 1 amide bonds. The molecule has 3 atom stereocenters. The third-order valence-electron chi connectivity index (χ3n) is 4.94. The number of ether oxygens (including phenoxy) is 2. The molecule has 1 aromatic heterocycles. The minimum Gasteiger partial charge on any atom is -0.465 e. The van der Waals surface area contributed by atoms with E-state index >= 15 is 0 Å². The van der Waals surface area contributed by atoms with Crippen LogP contribution >= 0.6 is 0 Å². The Morgan fingerprint density at radius 3 is 2.50 bits per heavy atom. The minimum atomic E-state index is -1.46. The smallest absolute Gasteiger partial charge is 0.465 e. The number of nitrogens with zero attached hydrogens (tertiary/aromatic N) is 3. The number of rotatable bonds is 5. The highest BCUT2D eigenvalue weighted by Crippen LogP contribution is 2.39. The van der Waals surface area contributed by atoms with Crippen molar-refractivity contribution >= 4 is 23.8 Å². The number of anilines is 1. The predicted octanol–water partition coefficient (Wildman–Crippen LogP) is 4.44. The third-order valence-corrected chi connectivity index (χ3v) is 4.94. The normalized spacial score (nSPS) is 20.6. The minimum absolute atomic E-state index is 0.0267. The van der Waals surface area contributed by atoms with E-state index in [0.29, 0.717) is 5.69 Å². The van der Waals surface area contributed by atoms with Gasteiger partial charge in [0.25, 0.3) is 5.69 Å². The first kappa shape index (κ1) is 23.0. The highest BCUT2D eigenvalue weighted by molar-refractivity contribution is 5.81. The van der Waals surface area contributed by atoms with Crippen LogP contribution in [0.15, 0.2) is 30.3 Å². The van der Waals surface area contributed by atoms with E-state index in [2.05, 4.69) is 10.4 Å². The lowest BCUT2D eigenvalue weighted by Gasteiger charge is -2.22. The van der Waals surface area contributed by atoms with E-state index < -0.39 is 35.0 Å². The van der Waals surface area contributed by atoms with Gasteiger partial charge in [-0.05, 0) is 45.7 Å². The fourth-order valence-corrected chi connectivity index (χ4v) is 3.50. The molecular formula is C20H23FN4O7. The number of carbonyl (C=O) groups is 2. The van der Waals surface area contributed by atoms with Crippen molar-refractivity contribution < 1.29 is 33.5 Å². The molecule has 1 aliphatic rings. The van der Waals surface area contributed by atoms with Gasteiger partial charge in [-0.1, -0.05) is 0 Å². The number of non-ortho nitro benzene ring substituents is 1. The number of hydrogen-bond acceptors (Lipinski definition) is 7. The summed E-state index contributed by atoms with van der Waals surface area (Å²) < 4.78 is 26.2. The number of benzene rings is 1. The van der Waals surface area contributed by atoms with Gasteiger partial charge in [0.15, 0.2) is 0 Å². The van der Waals surface area contributed by atoms with Crippen molar-refractivity contribution in [3.05, 3.63) is 46.1 Å². The third kappa shape index (κ3) is 5.31. The van der Waals surface area contributed by atoms with E-state index in [1.54, 1.807) is 6.07 Å². The molecule has 0 aliphatic heterocycles. The maximum absolute atomic E-state index is 14.6. The van der Waals surface area contributed by atoms with Crippen LogP contribution in [0.5, 0.6) is 5.75 Å². The molecule has 32 heavy (non-hydrogen) atoms. The average molecular weight is 450 g/mol. The van der Waals surface area contributed by atoms with Crippen LogP contribution in [0.4, 0.5) is 25.5 Å². The summed E-state index contributed by atoms with van der Waals surface area (Å²) in [6.45, 7) is 5.55. The molecule has 12 heteroatoms. The van der Waals surface area contributed by atoms with E-state index in [4.69, 9.17) is 14.6 Å². The molecule has 3 rings (SSSR count). The van der Waals surface area contributed by atoms with Crippen LogP contribution < -0.4 is 10.1 Å². The Kier molecular flexibility index (Phi) is 6.32. The first-order valence-electron chi connectivity index (χ1n) is 9.81. The van der Waals surface area contributed by atoms with Gasteiger partial charge in [0.1, 0.15) is 23.8 Å². The van der Waals surface area contributed by atoms with Gasteiger partial charge in [0, 0.05) is 24.1 Å². The summed E-state index contributed by atoms with van der Waals surface area (Å²) in [5, 5.41) is 26.5. The maximum atomic E-state index is 14.6. The second-order valence-corrected chi connectivity index (χ2v) is 8.41. The number of halogens is 1. The summed E-state index contributed by atoms with van der Waals surface area (Å²) in [6.07, 6.45) is -4.71. The SMILES string of the molecule is CC(C)(C)n1nc(C2CC(F)C(OC(=O)Oc3ccc([N+](=O)[O-])cc3)C2)cc1NC(=O)O. The van der Waals surface area contributed by atoms with Crippen molar-refractivity contribution in [2.45, 2.75) is 57.3 Å². The molecule has 0 bridgehead atoms. The Hall–Kier alpha value is -3.70. The number of nitro groups is 1. The topological polar surface area (TPSA) is 146 Å². The number of amides is 1. The Morgan fingerprint density at radius 2 is 1.94 bits per heavy atom. The second kappa shape index (κ2) is 8.81. The Labute approximate surface area is 182 Å². The van der Waals surface area contributed by atoms with Crippen LogP contribution in [-0.2, 0) is 10.3 Å². The van der Waals surface area contributed by atoms with Gasteiger partial charge < -0.3 is 14.6 Å². The molecule has 2 aromatic rings. The van der Waals surface area contributed by atoms with E-state index in [1.807, 2.05) is 20.8 Å². The molecule has 0 radical (unpaired) electrons. The number of nitrogens with one attached hydrogen (secondary N) is 1. The molecule has 1 fully saturated rings. The van der Waals surface area contributed by atoms with Gasteiger partial charge >= 0.3 is 12.2 Å². The van der Waals surface area contributed by atoms with Crippen molar-refractivity contribution in [1.82, 2.24) is 9.78 Å². The van der Waals surface area contributed by atoms with Crippen molar-refractivity contribution in [1.29, 1.82) is 0 Å². The molecule has 2 N–H and O–H groups in total. The summed E-state index contributed by atoms with van der Waals surface area (Å²) in [5.41, 5.74) is -0.199. The summed E-state index contributed by atoms with van der Waals surface area (Å²) in [4.78, 5) is 33.2. The van der Waals surface area contributed by atoms with Gasteiger partial charge in [-0.25, -0.2) is 18.7 Å². The molecule has 0 saturated heterocycles. The van der Waals surface area contributed by atoms with E-state index in [0.717, 1.165) is 0 Å². The number of aromatic nitrogens is 2. The number of carboxylic acid groups (broad SMARTS) is 1. The largest absolute Gasteiger partial charge is 0.514 e. The van der Waals surface area contributed by atoms with Crippen LogP contribution in [0, 0.1) is 10.1 Å². The Morgan fingerprint density at radius 1 is 1.28 bits per heavy atom. The molecule has 3 unspecified atom stereocenters. The molecule has 172 valence electrons. The Balaban J connectivity index is 1.66. The second-order valence-electron chi connectivity index (χ2n) is 8.41. The van der Waals surface area contributed by atoms with E-state index in [1.165, 1.54) is 28.9 Å². The van der Waals surface area contributed by atoms with Gasteiger partial charge in [0.05, 0.1) is 16.2 Å². The summed E-state index contributed by atoms with van der Waals surface area (Å²) >= 11 is 0. The molecule has 11 nitrogen and oxygen atoms in total. The molecule has 1 saturated carbocycles. The number of carbonyl (C=O) groups excluding carboxylic acids is 1. The van der Waals surface area contributed by atoms with E-state index in [-0.39, 0.29) is 36.0 Å². The molecule has 0 spiro atoms. The fraction of sp³-hybridized carbons (Fsp3) is 0.450. The summed E-state index contributed by atoms with van der Waals surface area (Å²) in [7, 11) is 0. The van der Waals surface area contributed by atoms with Crippen molar-refractivity contribution in [3.8, 4) is 5.75 Å². The standard InChI is InChI=1S/C20H23FN4O7/c1-20(2,3)24-17(22-18(26)27)10-15(23-24)11-8-14(21)16(9-11)32-19(28)31-13-6-4-12(5-7-13)25(29)30/h4-7,10-11,14,16,22H,8-9H2,1-3H3,(H,26,27).